The highest BCUT2D eigenvalue weighted by Crippen LogP contribution is 2.29. The standard InChI is InChI=1S/C12H17NO2/c1-3-9-7(2)13-10-4-8(6-14)5-11(15)12(9)10/h8,13-14H,3-6H2,1-2H3. The first kappa shape index (κ1) is 10.4. The minimum Gasteiger partial charge on any atom is -0.396 e. The first-order valence-corrected chi connectivity index (χ1v) is 5.51. The molecule has 0 radical (unpaired) electrons. The van der Waals surface area contributed by atoms with E-state index in [4.69, 9.17) is 5.11 Å². The fourth-order valence-corrected chi connectivity index (χ4v) is 2.52. The molecule has 0 spiro atoms. The summed E-state index contributed by atoms with van der Waals surface area (Å²) in [5.41, 5.74) is 4.19. The van der Waals surface area contributed by atoms with Gasteiger partial charge >= 0.3 is 0 Å². The second-order valence-corrected chi connectivity index (χ2v) is 4.32. The van der Waals surface area contributed by atoms with Crippen molar-refractivity contribution < 1.29 is 9.90 Å². The Bertz CT molecular complexity index is 393. The average Bonchev–Trinajstić information content (AvgIpc) is 2.53. The van der Waals surface area contributed by atoms with Crippen LogP contribution < -0.4 is 0 Å². The lowest BCUT2D eigenvalue weighted by Crippen LogP contribution is -2.22. The van der Waals surface area contributed by atoms with E-state index in [1.165, 1.54) is 0 Å². The van der Waals surface area contributed by atoms with Crippen LogP contribution in [-0.2, 0) is 12.8 Å². The second-order valence-electron chi connectivity index (χ2n) is 4.32. The Morgan fingerprint density at radius 3 is 2.80 bits per heavy atom. The van der Waals surface area contributed by atoms with Gasteiger partial charge in [-0.2, -0.15) is 0 Å². The molecule has 0 aromatic carbocycles. The highest BCUT2D eigenvalue weighted by Gasteiger charge is 2.28. The number of aromatic nitrogens is 1. The number of aliphatic hydroxyl groups is 1. The van der Waals surface area contributed by atoms with E-state index in [0.29, 0.717) is 6.42 Å². The van der Waals surface area contributed by atoms with Gasteiger partial charge in [0.15, 0.2) is 5.78 Å². The third-order valence-corrected chi connectivity index (χ3v) is 3.25. The van der Waals surface area contributed by atoms with E-state index in [2.05, 4.69) is 11.9 Å². The summed E-state index contributed by atoms with van der Waals surface area (Å²) < 4.78 is 0. The molecule has 0 fully saturated rings. The summed E-state index contributed by atoms with van der Waals surface area (Å²) in [6.07, 6.45) is 2.19. The summed E-state index contributed by atoms with van der Waals surface area (Å²) in [5, 5.41) is 9.10. The number of H-pyrrole nitrogens is 1. The number of aliphatic hydroxyl groups excluding tert-OH is 1. The van der Waals surface area contributed by atoms with Gasteiger partial charge in [-0.15, -0.1) is 0 Å². The van der Waals surface area contributed by atoms with Crippen LogP contribution in [0.2, 0.25) is 0 Å². The fraction of sp³-hybridized carbons (Fsp3) is 0.583. The summed E-state index contributed by atoms with van der Waals surface area (Å²) in [6, 6.07) is 0. The van der Waals surface area contributed by atoms with Crippen molar-refractivity contribution in [1.82, 2.24) is 4.98 Å². The molecule has 2 N–H and O–H groups in total. The zero-order valence-corrected chi connectivity index (χ0v) is 9.26. The van der Waals surface area contributed by atoms with Crippen molar-refractivity contribution >= 4 is 5.78 Å². The lowest BCUT2D eigenvalue weighted by molar-refractivity contribution is 0.0917. The molecule has 1 atom stereocenters. The number of aromatic amines is 1. The Balaban J connectivity index is 2.45. The van der Waals surface area contributed by atoms with Gasteiger partial charge in [-0.05, 0) is 31.2 Å². The van der Waals surface area contributed by atoms with Gasteiger partial charge in [0.2, 0.25) is 0 Å². The molecule has 1 aromatic rings. The molecule has 82 valence electrons. The number of ketones is 1. The van der Waals surface area contributed by atoms with Crippen LogP contribution in [-0.4, -0.2) is 22.5 Å². The lowest BCUT2D eigenvalue weighted by Gasteiger charge is -2.19. The number of carbonyl (C=O) groups is 1. The van der Waals surface area contributed by atoms with Crippen LogP contribution in [0, 0.1) is 12.8 Å². The number of Topliss-reactive ketones (excluding diaryl/α,β-unsaturated/α-hetero) is 1. The number of rotatable bonds is 2. The molecular weight excluding hydrogens is 190 g/mol. The van der Waals surface area contributed by atoms with Gasteiger partial charge in [-0.1, -0.05) is 6.92 Å². The van der Waals surface area contributed by atoms with Gasteiger partial charge in [0.05, 0.1) is 0 Å². The van der Waals surface area contributed by atoms with Gasteiger partial charge in [-0.25, -0.2) is 0 Å². The topological polar surface area (TPSA) is 53.1 Å². The Labute approximate surface area is 89.5 Å². The second kappa shape index (κ2) is 3.81. The summed E-state index contributed by atoms with van der Waals surface area (Å²) in [4.78, 5) is 15.2. The third kappa shape index (κ3) is 1.61. The maximum Gasteiger partial charge on any atom is 0.165 e. The van der Waals surface area contributed by atoms with E-state index >= 15 is 0 Å². The Morgan fingerprint density at radius 2 is 2.20 bits per heavy atom. The molecule has 0 amide bonds. The number of fused-ring (bicyclic) bond motifs is 1. The maximum absolute atomic E-state index is 11.9. The van der Waals surface area contributed by atoms with E-state index in [1.807, 2.05) is 6.92 Å². The monoisotopic (exact) mass is 207 g/mol. The predicted molar refractivity (Wildman–Crippen MR) is 58.1 cm³/mol. The first-order valence-electron chi connectivity index (χ1n) is 5.51. The molecule has 3 heteroatoms. The molecule has 0 saturated heterocycles. The number of aryl methyl sites for hydroxylation is 1. The smallest absolute Gasteiger partial charge is 0.165 e. The van der Waals surface area contributed by atoms with E-state index in [9.17, 15) is 4.79 Å². The molecule has 3 nitrogen and oxygen atoms in total. The molecule has 1 aliphatic carbocycles. The quantitative estimate of drug-likeness (QED) is 0.774. The van der Waals surface area contributed by atoms with Crippen molar-refractivity contribution in [1.29, 1.82) is 0 Å². The van der Waals surface area contributed by atoms with Crippen molar-refractivity contribution in [3.63, 3.8) is 0 Å². The van der Waals surface area contributed by atoms with Gasteiger partial charge in [-0.3, -0.25) is 4.79 Å². The molecule has 1 aromatic heterocycles. The van der Waals surface area contributed by atoms with Crippen LogP contribution in [0.5, 0.6) is 0 Å². The largest absolute Gasteiger partial charge is 0.396 e. The number of hydrogen-bond donors (Lipinski definition) is 2. The van der Waals surface area contributed by atoms with Gasteiger partial charge < -0.3 is 10.1 Å². The number of carbonyl (C=O) groups excluding carboxylic acids is 1. The van der Waals surface area contributed by atoms with Crippen LogP contribution in [0.4, 0.5) is 0 Å². The number of hydrogen-bond acceptors (Lipinski definition) is 2. The highest BCUT2D eigenvalue weighted by atomic mass is 16.3. The Hall–Kier alpha value is -1.09. The van der Waals surface area contributed by atoms with Crippen molar-refractivity contribution in [2.75, 3.05) is 6.61 Å². The average molecular weight is 207 g/mol. The predicted octanol–water partition coefficient (Wildman–Crippen LogP) is 1.62. The van der Waals surface area contributed by atoms with Gasteiger partial charge in [0.25, 0.3) is 0 Å². The molecule has 0 bridgehead atoms. The lowest BCUT2D eigenvalue weighted by atomic mass is 9.85. The van der Waals surface area contributed by atoms with Crippen molar-refractivity contribution in [3.05, 3.63) is 22.5 Å². The van der Waals surface area contributed by atoms with Crippen molar-refractivity contribution in [3.8, 4) is 0 Å². The SMILES string of the molecule is CCc1c(C)[nH]c2c1C(=O)CC(CO)C2. The molecule has 2 rings (SSSR count). The zero-order chi connectivity index (χ0) is 11.0. The normalized spacial score (nSPS) is 20.5. The zero-order valence-electron chi connectivity index (χ0n) is 9.26. The first-order chi connectivity index (χ1) is 7.17. The molecule has 0 saturated carbocycles. The van der Waals surface area contributed by atoms with E-state index in [0.717, 1.165) is 35.4 Å². The minimum atomic E-state index is 0.102. The summed E-state index contributed by atoms with van der Waals surface area (Å²) >= 11 is 0. The van der Waals surface area contributed by atoms with E-state index < -0.39 is 0 Å². The van der Waals surface area contributed by atoms with Gasteiger partial charge in [0, 0.05) is 30.0 Å². The fourth-order valence-electron chi connectivity index (χ4n) is 2.52. The molecule has 1 aliphatic rings. The van der Waals surface area contributed by atoms with Crippen LogP contribution >= 0.6 is 0 Å². The van der Waals surface area contributed by atoms with E-state index in [-0.39, 0.29) is 18.3 Å². The Kier molecular flexibility index (Phi) is 2.65. The minimum absolute atomic E-state index is 0.102. The third-order valence-electron chi connectivity index (χ3n) is 3.25. The molecule has 1 unspecified atom stereocenters. The van der Waals surface area contributed by atoms with Crippen LogP contribution in [0.25, 0.3) is 0 Å². The maximum atomic E-state index is 11.9. The Morgan fingerprint density at radius 1 is 1.47 bits per heavy atom. The van der Waals surface area contributed by atoms with Crippen molar-refractivity contribution in [2.45, 2.75) is 33.1 Å². The summed E-state index contributed by atoms with van der Waals surface area (Å²) in [7, 11) is 0. The van der Waals surface area contributed by atoms with Crippen LogP contribution in [0.1, 0.15) is 40.7 Å². The van der Waals surface area contributed by atoms with Crippen LogP contribution in [0.15, 0.2) is 0 Å². The number of nitrogens with one attached hydrogen (secondary N) is 1. The van der Waals surface area contributed by atoms with Crippen molar-refractivity contribution in [2.24, 2.45) is 5.92 Å². The molecule has 15 heavy (non-hydrogen) atoms. The van der Waals surface area contributed by atoms with Crippen LogP contribution in [0.3, 0.4) is 0 Å². The highest BCUT2D eigenvalue weighted by molar-refractivity contribution is 6.00. The molecule has 1 heterocycles. The summed E-state index contributed by atoms with van der Waals surface area (Å²) in [5.74, 6) is 0.296. The molecule has 0 aliphatic heterocycles. The van der Waals surface area contributed by atoms with Gasteiger partial charge in [0.1, 0.15) is 0 Å². The summed E-state index contributed by atoms with van der Waals surface area (Å²) in [6.45, 7) is 4.19. The van der Waals surface area contributed by atoms with E-state index in [1.54, 1.807) is 0 Å². The molecular formula is C12H17NO2.